The molecule has 0 fully saturated rings. The lowest BCUT2D eigenvalue weighted by atomic mass is 9.82. The molecule has 0 saturated carbocycles. The van der Waals surface area contributed by atoms with E-state index in [-0.39, 0.29) is 23.6 Å². The van der Waals surface area contributed by atoms with Gasteiger partial charge in [-0.05, 0) is 19.9 Å². The first-order valence-corrected chi connectivity index (χ1v) is 7.83. The van der Waals surface area contributed by atoms with Crippen LogP contribution >= 0.6 is 0 Å². The highest BCUT2D eigenvalue weighted by Crippen LogP contribution is 2.42. The first kappa shape index (κ1) is 18.1. The number of hydrogen-bond acceptors (Lipinski definition) is 6. The SMILES string of the molecule is C=CCOc1ccccc1C1C(C#N)=C(N)OC(C)=C1C(=O)OCC. The van der Waals surface area contributed by atoms with Gasteiger partial charge >= 0.3 is 5.97 Å². The molecule has 1 aliphatic heterocycles. The van der Waals surface area contributed by atoms with Crippen LogP contribution < -0.4 is 10.5 Å². The first-order chi connectivity index (χ1) is 12.0. The van der Waals surface area contributed by atoms with Gasteiger partial charge in [-0.25, -0.2) is 4.79 Å². The molecule has 0 saturated heterocycles. The van der Waals surface area contributed by atoms with Gasteiger partial charge in [0, 0.05) is 5.56 Å². The van der Waals surface area contributed by atoms with Crippen molar-refractivity contribution < 1.29 is 19.0 Å². The van der Waals surface area contributed by atoms with E-state index >= 15 is 0 Å². The third-order valence-electron chi connectivity index (χ3n) is 3.69. The summed E-state index contributed by atoms with van der Waals surface area (Å²) in [5, 5.41) is 9.58. The predicted molar refractivity (Wildman–Crippen MR) is 92.1 cm³/mol. The van der Waals surface area contributed by atoms with Gasteiger partial charge in [0.05, 0.1) is 18.1 Å². The number of rotatable bonds is 6. The fourth-order valence-corrected chi connectivity index (χ4v) is 2.66. The lowest BCUT2D eigenvalue weighted by Gasteiger charge is -2.27. The van der Waals surface area contributed by atoms with E-state index in [0.29, 0.717) is 23.7 Å². The molecule has 1 aliphatic rings. The highest BCUT2D eigenvalue weighted by atomic mass is 16.5. The van der Waals surface area contributed by atoms with E-state index in [2.05, 4.69) is 6.58 Å². The van der Waals surface area contributed by atoms with Gasteiger partial charge < -0.3 is 19.9 Å². The Morgan fingerprint density at radius 2 is 2.20 bits per heavy atom. The summed E-state index contributed by atoms with van der Waals surface area (Å²) in [7, 11) is 0. The lowest BCUT2D eigenvalue weighted by Crippen LogP contribution is -2.26. The number of benzene rings is 1. The van der Waals surface area contributed by atoms with Crippen LogP contribution in [-0.4, -0.2) is 19.2 Å². The van der Waals surface area contributed by atoms with Crippen LogP contribution in [0.1, 0.15) is 25.3 Å². The topological polar surface area (TPSA) is 94.6 Å². The van der Waals surface area contributed by atoms with Crippen LogP contribution in [0.15, 0.2) is 59.7 Å². The van der Waals surface area contributed by atoms with E-state index in [1.165, 1.54) is 0 Å². The number of nitrogens with two attached hydrogens (primary N) is 1. The molecule has 130 valence electrons. The smallest absolute Gasteiger partial charge is 0.338 e. The van der Waals surface area contributed by atoms with Gasteiger partial charge in [0.15, 0.2) is 0 Å². The van der Waals surface area contributed by atoms with Gasteiger partial charge in [-0.1, -0.05) is 30.9 Å². The molecule has 0 radical (unpaired) electrons. The van der Waals surface area contributed by atoms with Crippen molar-refractivity contribution in [3.8, 4) is 11.8 Å². The Bertz CT molecular complexity index is 787. The van der Waals surface area contributed by atoms with Crippen LogP contribution in [0.3, 0.4) is 0 Å². The minimum atomic E-state index is -0.723. The molecule has 0 aliphatic carbocycles. The number of allylic oxidation sites excluding steroid dienone is 2. The molecule has 1 aromatic rings. The number of nitrogens with zero attached hydrogens (tertiary/aromatic N) is 1. The summed E-state index contributed by atoms with van der Waals surface area (Å²) in [6.45, 7) is 7.46. The first-order valence-electron chi connectivity index (χ1n) is 7.83. The number of para-hydroxylation sites is 1. The highest BCUT2D eigenvalue weighted by molar-refractivity contribution is 5.92. The van der Waals surface area contributed by atoms with Crippen molar-refractivity contribution >= 4 is 5.97 Å². The van der Waals surface area contributed by atoms with Gasteiger partial charge in [0.25, 0.3) is 0 Å². The maximum Gasteiger partial charge on any atom is 0.338 e. The van der Waals surface area contributed by atoms with E-state index in [1.54, 1.807) is 44.2 Å². The number of ether oxygens (including phenoxy) is 3. The molecule has 0 spiro atoms. The zero-order valence-corrected chi connectivity index (χ0v) is 14.2. The van der Waals surface area contributed by atoms with Crippen molar-refractivity contribution in [3.63, 3.8) is 0 Å². The summed E-state index contributed by atoms with van der Waals surface area (Å²) in [6, 6.07) is 9.20. The van der Waals surface area contributed by atoms with Crippen molar-refractivity contribution in [2.45, 2.75) is 19.8 Å². The third-order valence-corrected chi connectivity index (χ3v) is 3.69. The largest absolute Gasteiger partial charge is 0.489 e. The summed E-state index contributed by atoms with van der Waals surface area (Å²) >= 11 is 0. The molecule has 0 aromatic heterocycles. The summed E-state index contributed by atoms with van der Waals surface area (Å²) < 4.78 is 16.2. The van der Waals surface area contributed by atoms with Gasteiger partial charge in [-0.3, -0.25) is 0 Å². The van der Waals surface area contributed by atoms with E-state index in [9.17, 15) is 10.1 Å². The number of carbonyl (C=O) groups is 1. The zero-order chi connectivity index (χ0) is 18.4. The van der Waals surface area contributed by atoms with Crippen LogP contribution in [-0.2, 0) is 14.3 Å². The molecule has 0 amide bonds. The number of carbonyl (C=O) groups excluding carboxylic acids is 1. The molecule has 2 rings (SSSR count). The number of hydrogen-bond donors (Lipinski definition) is 1. The minimum Gasteiger partial charge on any atom is -0.489 e. The quantitative estimate of drug-likeness (QED) is 0.632. The van der Waals surface area contributed by atoms with Gasteiger partial charge in [0.2, 0.25) is 5.88 Å². The van der Waals surface area contributed by atoms with E-state index in [0.717, 1.165) is 0 Å². The van der Waals surface area contributed by atoms with Gasteiger partial charge in [-0.2, -0.15) is 5.26 Å². The maximum atomic E-state index is 12.5. The average Bonchev–Trinajstić information content (AvgIpc) is 2.59. The molecule has 1 unspecified atom stereocenters. The number of esters is 1. The normalized spacial score (nSPS) is 16.8. The van der Waals surface area contributed by atoms with Crippen LogP contribution in [0.2, 0.25) is 0 Å². The van der Waals surface area contributed by atoms with E-state index in [4.69, 9.17) is 19.9 Å². The molecular weight excluding hydrogens is 320 g/mol. The Hall–Kier alpha value is -3.20. The summed E-state index contributed by atoms with van der Waals surface area (Å²) in [6.07, 6.45) is 1.61. The molecule has 1 atom stereocenters. The lowest BCUT2D eigenvalue weighted by molar-refractivity contribution is -0.139. The molecular formula is C19H20N2O4. The zero-order valence-electron chi connectivity index (χ0n) is 14.2. The molecule has 0 bridgehead atoms. The average molecular weight is 340 g/mol. The summed E-state index contributed by atoms with van der Waals surface area (Å²) in [4.78, 5) is 12.5. The van der Waals surface area contributed by atoms with Gasteiger partial charge in [-0.15, -0.1) is 0 Å². The Morgan fingerprint density at radius 3 is 2.84 bits per heavy atom. The Morgan fingerprint density at radius 1 is 1.48 bits per heavy atom. The maximum absolute atomic E-state index is 12.5. The van der Waals surface area contributed by atoms with Crippen molar-refractivity contribution in [1.29, 1.82) is 5.26 Å². The highest BCUT2D eigenvalue weighted by Gasteiger charge is 2.37. The second-order valence-corrected chi connectivity index (χ2v) is 5.25. The van der Waals surface area contributed by atoms with Crippen LogP contribution in [0, 0.1) is 11.3 Å². The molecule has 6 nitrogen and oxygen atoms in total. The van der Waals surface area contributed by atoms with Gasteiger partial charge in [0.1, 0.15) is 29.8 Å². The standard InChI is InChI=1S/C19H20N2O4/c1-4-10-24-15-9-7-6-8-13(15)17-14(11-20)18(21)25-12(3)16(17)19(22)23-5-2/h4,6-9,17H,1,5,10,21H2,2-3H3. The Labute approximate surface area is 146 Å². The molecule has 2 N–H and O–H groups in total. The van der Waals surface area contributed by atoms with Crippen molar-refractivity contribution in [2.24, 2.45) is 5.73 Å². The molecule has 1 heterocycles. The molecule has 25 heavy (non-hydrogen) atoms. The van der Waals surface area contributed by atoms with E-state index in [1.807, 2.05) is 6.07 Å². The minimum absolute atomic E-state index is 0.0310. The fourth-order valence-electron chi connectivity index (χ4n) is 2.66. The number of nitriles is 1. The summed E-state index contributed by atoms with van der Waals surface area (Å²) in [5.74, 6) is -0.470. The Kier molecular flexibility index (Phi) is 5.85. The van der Waals surface area contributed by atoms with E-state index < -0.39 is 11.9 Å². The van der Waals surface area contributed by atoms with Crippen molar-refractivity contribution in [2.75, 3.05) is 13.2 Å². The molecule has 1 aromatic carbocycles. The molecule has 6 heteroatoms. The monoisotopic (exact) mass is 340 g/mol. The summed E-state index contributed by atoms with van der Waals surface area (Å²) in [5.41, 5.74) is 6.90. The van der Waals surface area contributed by atoms with Crippen LogP contribution in [0.25, 0.3) is 0 Å². The van der Waals surface area contributed by atoms with Crippen LogP contribution in [0.4, 0.5) is 0 Å². The second-order valence-electron chi connectivity index (χ2n) is 5.25. The predicted octanol–water partition coefficient (Wildman–Crippen LogP) is 2.90. The van der Waals surface area contributed by atoms with Crippen LogP contribution in [0.5, 0.6) is 5.75 Å². The second kappa shape index (κ2) is 8.06. The third kappa shape index (κ3) is 3.66. The van der Waals surface area contributed by atoms with Crippen molar-refractivity contribution in [1.82, 2.24) is 0 Å². The van der Waals surface area contributed by atoms with Crippen molar-refractivity contribution in [3.05, 3.63) is 65.3 Å². The Balaban J connectivity index is 2.63. The fraction of sp³-hybridized carbons (Fsp3) is 0.263.